The second-order valence-electron chi connectivity index (χ2n) is 6.70. The number of nitro groups is 1. The Balaban J connectivity index is 1.66. The highest BCUT2D eigenvalue weighted by Gasteiger charge is 2.33. The molecular weight excluding hydrogens is 502 g/mol. The molecule has 10 nitrogen and oxygen atoms in total. The average molecular weight is 516 g/mol. The molecule has 3 aromatic rings. The molecule has 2 aliphatic rings. The van der Waals surface area contributed by atoms with Gasteiger partial charge in [-0.25, -0.2) is 0 Å². The first-order valence-electron chi connectivity index (χ1n) is 9.33. The van der Waals surface area contributed by atoms with Gasteiger partial charge in [-0.05, 0) is 24.3 Å². The van der Waals surface area contributed by atoms with Crippen molar-refractivity contribution < 1.29 is 19.1 Å². The molecule has 1 atom stereocenters. The zero-order valence-electron chi connectivity index (χ0n) is 16.3. The van der Waals surface area contributed by atoms with E-state index in [-0.39, 0.29) is 23.9 Å². The molecule has 2 aromatic carbocycles. The molecule has 162 valence electrons. The number of halogens is 1. The predicted molar refractivity (Wildman–Crippen MR) is 120 cm³/mol. The largest absolute Gasteiger partial charge is 0.454 e. The van der Waals surface area contributed by atoms with Crippen molar-refractivity contribution in [3.8, 4) is 28.6 Å². The minimum atomic E-state index is -0.944. The van der Waals surface area contributed by atoms with E-state index in [1.165, 1.54) is 17.8 Å². The number of anilines is 1. The van der Waals surface area contributed by atoms with Crippen molar-refractivity contribution in [3.63, 3.8) is 0 Å². The van der Waals surface area contributed by atoms with Crippen LogP contribution >= 0.6 is 27.7 Å². The summed E-state index contributed by atoms with van der Waals surface area (Å²) in [4.78, 5) is 15.8. The molecule has 3 heterocycles. The number of thioether (sulfide) groups is 1. The number of nitro benzene ring substituents is 1. The molecule has 0 aliphatic carbocycles. The predicted octanol–water partition coefficient (Wildman–Crippen LogP) is 4.72. The summed E-state index contributed by atoms with van der Waals surface area (Å²) in [7, 11) is 0. The van der Waals surface area contributed by atoms with Crippen LogP contribution in [-0.2, 0) is 0 Å². The third-order valence-electron chi connectivity index (χ3n) is 4.72. The fourth-order valence-electron chi connectivity index (χ4n) is 3.32. The first kappa shape index (κ1) is 20.5. The van der Waals surface area contributed by atoms with Gasteiger partial charge in [-0.15, -0.1) is 16.8 Å². The molecule has 0 bridgehead atoms. The SMILES string of the molecule is C=CCSc1nnc2c(n1)OC(c1cc3c(cc1[N+](=O)[O-])OCO3)Nc1ccc(Br)cc1-2. The fourth-order valence-corrected chi connectivity index (χ4v) is 4.19. The standard InChI is InChI=1S/C20H14BrN5O5S/c1-2-5-32-20-23-19-17(24-25-20)11-6-10(21)3-4-13(11)22-18(31-19)12-7-15-16(30-9-29-15)8-14(12)26(27)28/h2-4,6-8,18,22H,1,5,9H2. The summed E-state index contributed by atoms with van der Waals surface area (Å²) in [5.41, 5.74) is 1.87. The summed E-state index contributed by atoms with van der Waals surface area (Å²) in [5.74, 6) is 1.51. The van der Waals surface area contributed by atoms with Crippen molar-refractivity contribution in [2.45, 2.75) is 11.4 Å². The molecule has 0 saturated carbocycles. The Labute approximate surface area is 194 Å². The maximum atomic E-state index is 11.8. The van der Waals surface area contributed by atoms with Crippen LogP contribution in [0.15, 0.2) is 52.6 Å². The Morgan fingerprint density at radius 1 is 1.28 bits per heavy atom. The van der Waals surface area contributed by atoms with E-state index in [0.29, 0.717) is 39.4 Å². The van der Waals surface area contributed by atoms with E-state index in [0.717, 1.165) is 4.47 Å². The van der Waals surface area contributed by atoms with Gasteiger partial charge in [0.05, 0.1) is 16.6 Å². The number of ether oxygens (including phenoxy) is 3. The van der Waals surface area contributed by atoms with Gasteiger partial charge in [-0.2, -0.15) is 4.98 Å². The molecule has 0 saturated heterocycles. The third-order valence-corrected chi connectivity index (χ3v) is 6.05. The quantitative estimate of drug-likeness (QED) is 0.221. The maximum Gasteiger partial charge on any atom is 0.282 e. The van der Waals surface area contributed by atoms with Crippen LogP contribution in [0.2, 0.25) is 0 Å². The number of hydrogen-bond acceptors (Lipinski definition) is 10. The molecule has 0 spiro atoms. The molecule has 12 heteroatoms. The van der Waals surface area contributed by atoms with Crippen molar-refractivity contribution in [1.29, 1.82) is 0 Å². The van der Waals surface area contributed by atoms with Crippen molar-refractivity contribution in [2.75, 3.05) is 17.9 Å². The number of benzene rings is 2. The monoisotopic (exact) mass is 515 g/mol. The highest BCUT2D eigenvalue weighted by Crippen LogP contribution is 2.45. The van der Waals surface area contributed by atoms with Gasteiger partial charge in [0, 0.05) is 21.5 Å². The first-order chi connectivity index (χ1) is 15.5. The number of nitrogens with one attached hydrogen (secondary N) is 1. The second kappa shape index (κ2) is 8.28. The average Bonchev–Trinajstić information content (AvgIpc) is 3.18. The lowest BCUT2D eigenvalue weighted by Crippen LogP contribution is -2.18. The van der Waals surface area contributed by atoms with Crippen LogP contribution < -0.4 is 19.5 Å². The van der Waals surface area contributed by atoms with E-state index < -0.39 is 11.2 Å². The summed E-state index contributed by atoms with van der Waals surface area (Å²) in [6, 6.07) is 8.40. The lowest BCUT2D eigenvalue weighted by Gasteiger charge is -2.19. The van der Waals surface area contributed by atoms with Crippen LogP contribution in [0.4, 0.5) is 11.4 Å². The summed E-state index contributed by atoms with van der Waals surface area (Å²) in [6.07, 6.45) is 0.785. The van der Waals surface area contributed by atoms with Gasteiger partial charge in [-0.3, -0.25) is 10.1 Å². The normalized spacial score (nSPS) is 15.6. The van der Waals surface area contributed by atoms with Gasteiger partial charge >= 0.3 is 0 Å². The van der Waals surface area contributed by atoms with Crippen LogP contribution in [0.1, 0.15) is 11.8 Å². The molecule has 0 amide bonds. The van der Waals surface area contributed by atoms with Crippen LogP contribution in [0.25, 0.3) is 11.3 Å². The Hall–Kier alpha value is -3.38. The highest BCUT2D eigenvalue weighted by molar-refractivity contribution is 9.10. The molecule has 0 radical (unpaired) electrons. The fraction of sp³-hybridized carbons (Fsp3) is 0.150. The van der Waals surface area contributed by atoms with Crippen molar-refractivity contribution >= 4 is 39.1 Å². The lowest BCUT2D eigenvalue weighted by molar-refractivity contribution is -0.386. The van der Waals surface area contributed by atoms with E-state index >= 15 is 0 Å². The molecule has 2 aliphatic heterocycles. The Kier molecular flexibility index (Phi) is 5.31. The summed E-state index contributed by atoms with van der Waals surface area (Å²) < 4.78 is 17.7. The van der Waals surface area contributed by atoms with Gasteiger partial charge in [0.15, 0.2) is 17.2 Å². The lowest BCUT2D eigenvalue weighted by atomic mass is 10.1. The minimum absolute atomic E-state index is 0.00435. The van der Waals surface area contributed by atoms with Crippen LogP contribution in [0.3, 0.4) is 0 Å². The molecule has 1 N–H and O–H groups in total. The Bertz CT molecular complexity index is 1260. The van der Waals surface area contributed by atoms with Gasteiger partial charge in [-0.1, -0.05) is 33.8 Å². The Morgan fingerprint density at radius 3 is 2.88 bits per heavy atom. The van der Waals surface area contributed by atoms with Gasteiger partial charge in [0.2, 0.25) is 24.1 Å². The molecule has 5 rings (SSSR count). The number of rotatable bonds is 5. The molecule has 32 heavy (non-hydrogen) atoms. The third kappa shape index (κ3) is 3.71. The minimum Gasteiger partial charge on any atom is -0.454 e. The summed E-state index contributed by atoms with van der Waals surface area (Å²) in [6.45, 7) is 3.69. The van der Waals surface area contributed by atoms with Crippen molar-refractivity contribution in [2.24, 2.45) is 0 Å². The number of nitrogens with zero attached hydrogens (tertiary/aromatic N) is 4. The zero-order valence-corrected chi connectivity index (χ0v) is 18.7. The number of fused-ring (bicyclic) bond motifs is 4. The van der Waals surface area contributed by atoms with Crippen LogP contribution in [0, 0.1) is 10.1 Å². The zero-order chi connectivity index (χ0) is 22.2. The van der Waals surface area contributed by atoms with E-state index in [9.17, 15) is 10.1 Å². The highest BCUT2D eigenvalue weighted by atomic mass is 79.9. The Morgan fingerprint density at radius 2 is 2.09 bits per heavy atom. The molecule has 1 aromatic heterocycles. The van der Waals surface area contributed by atoms with E-state index in [1.54, 1.807) is 12.1 Å². The van der Waals surface area contributed by atoms with E-state index in [4.69, 9.17) is 14.2 Å². The topological polar surface area (TPSA) is 122 Å². The maximum absolute atomic E-state index is 11.8. The van der Waals surface area contributed by atoms with Crippen LogP contribution in [-0.4, -0.2) is 32.7 Å². The second-order valence-corrected chi connectivity index (χ2v) is 8.60. The number of aromatic nitrogens is 3. The molecule has 0 fully saturated rings. The van der Waals surface area contributed by atoms with Crippen molar-refractivity contribution in [1.82, 2.24) is 15.2 Å². The molecule has 1 unspecified atom stereocenters. The van der Waals surface area contributed by atoms with E-state index in [1.807, 2.05) is 18.2 Å². The summed E-state index contributed by atoms with van der Waals surface area (Å²) in [5, 5.41) is 24.0. The number of hydrogen-bond donors (Lipinski definition) is 1. The molecular formula is C20H14BrN5O5S. The first-order valence-corrected chi connectivity index (χ1v) is 11.1. The smallest absolute Gasteiger partial charge is 0.282 e. The summed E-state index contributed by atoms with van der Waals surface area (Å²) >= 11 is 4.82. The van der Waals surface area contributed by atoms with Crippen molar-refractivity contribution in [3.05, 3.63) is 63.1 Å². The van der Waals surface area contributed by atoms with Gasteiger partial charge in [0.1, 0.15) is 0 Å². The van der Waals surface area contributed by atoms with Gasteiger partial charge < -0.3 is 19.5 Å². The van der Waals surface area contributed by atoms with Crippen LogP contribution in [0.5, 0.6) is 17.4 Å². The van der Waals surface area contributed by atoms with Gasteiger partial charge in [0.25, 0.3) is 5.69 Å². The van der Waals surface area contributed by atoms with E-state index in [2.05, 4.69) is 43.0 Å².